The van der Waals surface area contributed by atoms with Crippen LogP contribution >= 0.6 is 11.6 Å². The molecule has 0 radical (unpaired) electrons. The van der Waals surface area contributed by atoms with E-state index in [9.17, 15) is 0 Å². The summed E-state index contributed by atoms with van der Waals surface area (Å²) in [5.41, 5.74) is 0.939. The molecule has 0 bridgehead atoms. The van der Waals surface area contributed by atoms with E-state index in [-0.39, 0.29) is 0 Å². The molecule has 108 valence electrons. The van der Waals surface area contributed by atoms with Gasteiger partial charge in [0, 0.05) is 22.9 Å². The number of hydrogen-bond donors (Lipinski definition) is 1. The summed E-state index contributed by atoms with van der Waals surface area (Å²) in [6.45, 7) is 3.34. The van der Waals surface area contributed by atoms with E-state index in [1.807, 2.05) is 18.2 Å². The van der Waals surface area contributed by atoms with E-state index < -0.39 is 0 Å². The number of aryl methyl sites for hydroxylation is 1. The minimum absolute atomic E-state index is 0.659. The van der Waals surface area contributed by atoms with Crippen LogP contribution in [0, 0.1) is 5.92 Å². The minimum atomic E-state index is 0.659. The van der Waals surface area contributed by atoms with Gasteiger partial charge < -0.3 is 9.73 Å². The van der Waals surface area contributed by atoms with Crippen molar-refractivity contribution in [2.45, 2.75) is 45.1 Å². The van der Waals surface area contributed by atoms with Crippen LogP contribution in [-0.2, 0) is 6.42 Å². The van der Waals surface area contributed by atoms with Crippen molar-refractivity contribution < 1.29 is 4.42 Å². The molecule has 1 heterocycles. The standard InChI is InChI=1S/C17H22ClNO/c1-2-9-19-16(12-3-4-12)7-6-15-11-13-10-14(18)5-8-17(13)20-15/h5,8,10-12,16,19H,2-4,6-7,9H2,1H3. The minimum Gasteiger partial charge on any atom is -0.461 e. The lowest BCUT2D eigenvalue weighted by Crippen LogP contribution is -2.32. The summed E-state index contributed by atoms with van der Waals surface area (Å²) in [6.07, 6.45) is 6.14. The summed E-state index contributed by atoms with van der Waals surface area (Å²) in [5, 5.41) is 5.56. The van der Waals surface area contributed by atoms with Crippen LogP contribution in [0.2, 0.25) is 5.02 Å². The molecule has 1 fully saturated rings. The summed E-state index contributed by atoms with van der Waals surface area (Å²) in [6, 6.07) is 8.59. The highest BCUT2D eigenvalue weighted by molar-refractivity contribution is 6.31. The SMILES string of the molecule is CCCNC(CCc1cc2cc(Cl)ccc2o1)C1CC1. The Bertz CT molecular complexity index is 573. The van der Waals surface area contributed by atoms with E-state index >= 15 is 0 Å². The summed E-state index contributed by atoms with van der Waals surface area (Å²) >= 11 is 6.01. The van der Waals surface area contributed by atoms with Gasteiger partial charge in [0.2, 0.25) is 0 Å². The zero-order chi connectivity index (χ0) is 13.9. The Balaban J connectivity index is 1.63. The number of nitrogens with one attached hydrogen (secondary N) is 1. The highest BCUT2D eigenvalue weighted by atomic mass is 35.5. The molecule has 3 heteroatoms. The molecule has 0 aliphatic heterocycles. The monoisotopic (exact) mass is 291 g/mol. The van der Waals surface area contributed by atoms with Gasteiger partial charge in [0.15, 0.2) is 0 Å². The molecule has 1 aromatic carbocycles. The van der Waals surface area contributed by atoms with Crippen LogP contribution in [0.1, 0.15) is 38.4 Å². The second-order valence-corrected chi connectivity index (χ2v) is 6.27. The average Bonchev–Trinajstić information content (AvgIpc) is 3.19. The quantitative estimate of drug-likeness (QED) is 0.793. The number of fused-ring (bicyclic) bond motifs is 1. The maximum absolute atomic E-state index is 6.01. The molecule has 0 spiro atoms. The number of benzene rings is 1. The van der Waals surface area contributed by atoms with Crippen molar-refractivity contribution >= 4 is 22.6 Å². The van der Waals surface area contributed by atoms with Crippen molar-refractivity contribution in [1.29, 1.82) is 0 Å². The first kappa shape index (κ1) is 14.0. The molecule has 20 heavy (non-hydrogen) atoms. The maximum Gasteiger partial charge on any atom is 0.134 e. The van der Waals surface area contributed by atoms with E-state index in [4.69, 9.17) is 16.0 Å². The average molecular weight is 292 g/mol. The van der Waals surface area contributed by atoms with E-state index in [0.717, 1.165) is 47.1 Å². The number of rotatable bonds is 7. The summed E-state index contributed by atoms with van der Waals surface area (Å²) in [4.78, 5) is 0. The van der Waals surface area contributed by atoms with Crippen LogP contribution < -0.4 is 5.32 Å². The van der Waals surface area contributed by atoms with Gasteiger partial charge in [0.25, 0.3) is 0 Å². The number of halogens is 1. The molecule has 1 N–H and O–H groups in total. The zero-order valence-corrected chi connectivity index (χ0v) is 12.7. The van der Waals surface area contributed by atoms with Crippen LogP contribution in [0.4, 0.5) is 0 Å². The van der Waals surface area contributed by atoms with E-state index in [0.29, 0.717) is 6.04 Å². The van der Waals surface area contributed by atoms with Gasteiger partial charge in [0.1, 0.15) is 11.3 Å². The highest BCUT2D eigenvalue weighted by Crippen LogP contribution is 2.35. The molecule has 0 amide bonds. The van der Waals surface area contributed by atoms with Crippen LogP contribution in [0.5, 0.6) is 0 Å². The largest absolute Gasteiger partial charge is 0.461 e. The zero-order valence-electron chi connectivity index (χ0n) is 12.0. The molecule has 1 unspecified atom stereocenters. The predicted molar refractivity (Wildman–Crippen MR) is 84.4 cm³/mol. The van der Waals surface area contributed by atoms with Crippen molar-refractivity contribution in [3.8, 4) is 0 Å². The molecular formula is C17H22ClNO. The Hall–Kier alpha value is -0.990. The molecule has 1 aliphatic carbocycles. The first-order valence-corrected chi connectivity index (χ1v) is 8.05. The number of furan rings is 1. The Morgan fingerprint density at radius 3 is 2.95 bits per heavy atom. The van der Waals surface area contributed by atoms with Gasteiger partial charge in [-0.3, -0.25) is 0 Å². The lowest BCUT2D eigenvalue weighted by Gasteiger charge is -2.17. The number of hydrogen-bond acceptors (Lipinski definition) is 2. The van der Waals surface area contributed by atoms with E-state index in [1.54, 1.807) is 0 Å². The van der Waals surface area contributed by atoms with Crippen molar-refractivity contribution in [2.24, 2.45) is 5.92 Å². The van der Waals surface area contributed by atoms with Gasteiger partial charge in [-0.2, -0.15) is 0 Å². The summed E-state index contributed by atoms with van der Waals surface area (Å²) in [7, 11) is 0. The van der Waals surface area contributed by atoms with Crippen molar-refractivity contribution in [1.82, 2.24) is 5.32 Å². The third kappa shape index (κ3) is 3.36. The normalized spacial score (nSPS) is 16.7. The molecular weight excluding hydrogens is 270 g/mol. The smallest absolute Gasteiger partial charge is 0.134 e. The fourth-order valence-electron chi connectivity index (χ4n) is 2.82. The van der Waals surface area contributed by atoms with Gasteiger partial charge in [0.05, 0.1) is 0 Å². The first-order chi connectivity index (χ1) is 9.76. The van der Waals surface area contributed by atoms with E-state index in [1.165, 1.54) is 19.3 Å². The molecule has 2 aromatic rings. The maximum atomic E-state index is 6.01. The van der Waals surface area contributed by atoms with Gasteiger partial charge in [-0.25, -0.2) is 0 Å². The lowest BCUT2D eigenvalue weighted by atomic mass is 10.1. The van der Waals surface area contributed by atoms with Gasteiger partial charge in [-0.1, -0.05) is 18.5 Å². The fraction of sp³-hybridized carbons (Fsp3) is 0.529. The van der Waals surface area contributed by atoms with Crippen molar-refractivity contribution in [3.63, 3.8) is 0 Å². The molecule has 2 nitrogen and oxygen atoms in total. The summed E-state index contributed by atoms with van der Waals surface area (Å²) < 4.78 is 5.89. The van der Waals surface area contributed by atoms with Crippen LogP contribution in [0.15, 0.2) is 28.7 Å². The molecule has 0 saturated heterocycles. The van der Waals surface area contributed by atoms with Crippen LogP contribution in [0.25, 0.3) is 11.0 Å². The van der Waals surface area contributed by atoms with Gasteiger partial charge in [-0.15, -0.1) is 0 Å². The Labute approximate surface area is 125 Å². The Morgan fingerprint density at radius 2 is 2.20 bits per heavy atom. The fourth-order valence-corrected chi connectivity index (χ4v) is 3.00. The third-order valence-electron chi connectivity index (χ3n) is 4.08. The third-order valence-corrected chi connectivity index (χ3v) is 4.31. The van der Waals surface area contributed by atoms with Crippen LogP contribution in [-0.4, -0.2) is 12.6 Å². The highest BCUT2D eigenvalue weighted by Gasteiger charge is 2.30. The summed E-state index contributed by atoms with van der Waals surface area (Å²) in [5.74, 6) is 1.96. The van der Waals surface area contributed by atoms with Gasteiger partial charge in [-0.05, 0) is 62.4 Å². The van der Waals surface area contributed by atoms with Crippen molar-refractivity contribution in [2.75, 3.05) is 6.54 Å². The molecule has 3 rings (SSSR count). The predicted octanol–water partition coefficient (Wildman–Crippen LogP) is 4.80. The first-order valence-electron chi connectivity index (χ1n) is 7.67. The second kappa shape index (κ2) is 6.19. The second-order valence-electron chi connectivity index (χ2n) is 5.83. The topological polar surface area (TPSA) is 25.2 Å². The Morgan fingerprint density at radius 1 is 1.35 bits per heavy atom. The van der Waals surface area contributed by atoms with Crippen LogP contribution in [0.3, 0.4) is 0 Å². The lowest BCUT2D eigenvalue weighted by molar-refractivity contribution is 0.418. The van der Waals surface area contributed by atoms with Gasteiger partial charge >= 0.3 is 0 Å². The van der Waals surface area contributed by atoms with Crippen molar-refractivity contribution in [3.05, 3.63) is 35.0 Å². The molecule has 1 aliphatic rings. The molecule has 1 aromatic heterocycles. The molecule has 1 saturated carbocycles. The molecule has 1 atom stereocenters. The Kier molecular flexibility index (Phi) is 4.32. The van der Waals surface area contributed by atoms with E-state index in [2.05, 4.69) is 18.3 Å².